The highest BCUT2D eigenvalue weighted by atomic mass is 15.2. The largest absolute Gasteiger partial charge is 0.308 e. The summed E-state index contributed by atoms with van der Waals surface area (Å²) >= 11 is 0. The quantitative estimate of drug-likeness (QED) is 0.926. The summed E-state index contributed by atoms with van der Waals surface area (Å²) in [5, 5.41) is 3.82. The average Bonchev–Trinajstić information content (AvgIpc) is 2.49. The van der Waals surface area contributed by atoms with E-state index in [9.17, 15) is 0 Å². The van der Waals surface area contributed by atoms with Gasteiger partial charge >= 0.3 is 0 Å². The Morgan fingerprint density at radius 3 is 1.90 bits per heavy atom. The molecule has 0 aliphatic carbocycles. The minimum atomic E-state index is 0.135. The molecular formula is C19H24N2. The van der Waals surface area contributed by atoms with E-state index in [-0.39, 0.29) is 5.54 Å². The molecule has 3 rings (SSSR count). The van der Waals surface area contributed by atoms with Crippen LogP contribution in [0.4, 0.5) is 0 Å². The number of nitrogens with one attached hydrogen (secondary N) is 1. The van der Waals surface area contributed by atoms with E-state index in [0.29, 0.717) is 0 Å². The van der Waals surface area contributed by atoms with Crippen LogP contribution in [0, 0.1) is 0 Å². The summed E-state index contributed by atoms with van der Waals surface area (Å²) in [5.74, 6) is 0. The second-order valence-electron chi connectivity index (χ2n) is 6.27. The van der Waals surface area contributed by atoms with E-state index in [1.165, 1.54) is 11.1 Å². The summed E-state index contributed by atoms with van der Waals surface area (Å²) in [6.07, 6.45) is 2.15. The number of hydrogen-bond donors (Lipinski definition) is 1. The van der Waals surface area contributed by atoms with Gasteiger partial charge in [-0.3, -0.25) is 0 Å². The molecular weight excluding hydrogens is 256 g/mol. The zero-order valence-corrected chi connectivity index (χ0v) is 12.8. The van der Waals surface area contributed by atoms with Crippen molar-refractivity contribution in [2.75, 3.05) is 26.7 Å². The Kier molecular flexibility index (Phi) is 4.37. The summed E-state index contributed by atoms with van der Waals surface area (Å²) in [4.78, 5) is 2.45. The maximum Gasteiger partial charge on any atom is 0.0390 e. The van der Waals surface area contributed by atoms with Crippen molar-refractivity contribution in [3.8, 4) is 0 Å². The zero-order chi connectivity index (χ0) is 14.5. The highest BCUT2D eigenvalue weighted by Gasteiger charge is 2.34. The number of likely N-dealkylation sites (N-methyl/N-ethyl adjacent to an activating group) is 1. The third kappa shape index (κ3) is 3.72. The van der Waals surface area contributed by atoms with Crippen LogP contribution in [-0.4, -0.2) is 37.1 Å². The number of benzene rings is 2. The molecule has 0 spiro atoms. The van der Waals surface area contributed by atoms with Crippen molar-refractivity contribution in [3.63, 3.8) is 0 Å². The molecule has 2 aromatic rings. The van der Waals surface area contributed by atoms with Gasteiger partial charge in [-0.25, -0.2) is 0 Å². The molecule has 2 heteroatoms. The van der Waals surface area contributed by atoms with Crippen molar-refractivity contribution < 1.29 is 0 Å². The molecule has 0 amide bonds. The van der Waals surface area contributed by atoms with Gasteiger partial charge in [-0.1, -0.05) is 60.7 Å². The van der Waals surface area contributed by atoms with Gasteiger partial charge in [0, 0.05) is 25.2 Å². The summed E-state index contributed by atoms with van der Waals surface area (Å²) < 4.78 is 0. The first-order valence-electron chi connectivity index (χ1n) is 7.77. The summed E-state index contributed by atoms with van der Waals surface area (Å²) in [6.45, 7) is 3.29. The smallest absolute Gasteiger partial charge is 0.0390 e. The van der Waals surface area contributed by atoms with Crippen LogP contribution >= 0.6 is 0 Å². The van der Waals surface area contributed by atoms with Gasteiger partial charge in [0.25, 0.3) is 0 Å². The predicted molar refractivity (Wildman–Crippen MR) is 88.5 cm³/mol. The fourth-order valence-electron chi connectivity index (χ4n) is 3.44. The van der Waals surface area contributed by atoms with Gasteiger partial charge in [-0.05, 0) is 31.0 Å². The van der Waals surface area contributed by atoms with E-state index in [0.717, 1.165) is 32.5 Å². The zero-order valence-electron chi connectivity index (χ0n) is 12.8. The van der Waals surface area contributed by atoms with Gasteiger partial charge in [0.2, 0.25) is 0 Å². The van der Waals surface area contributed by atoms with E-state index >= 15 is 0 Å². The highest BCUT2D eigenvalue weighted by molar-refractivity contribution is 5.23. The van der Waals surface area contributed by atoms with Crippen LogP contribution in [0.25, 0.3) is 0 Å². The number of nitrogens with zero attached hydrogens (tertiary/aromatic N) is 1. The van der Waals surface area contributed by atoms with E-state index in [1.54, 1.807) is 0 Å². The monoisotopic (exact) mass is 280 g/mol. The molecule has 1 aliphatic heterocycles. The predicted octanol–water partition coefficient (Wildman–Crippen LogP) is 2.75. The first-order valence-corrected chi connectivity index (χ1v) is 7.77. The topological polar surface area (TPSA) is 15.3 Å². The van der Waals surface area contributed by atoms with Gasteiger partial charge in [0.15, 0.2) is 0 Å². The van der Waals surface area contributed by atoms with Gasteiger partial charge < -0.3 is 10.2 Å². The van der Waals surface area contributed by atoms with Crippen molar-refractivity contribution in [2.24, 2.45) is 0 Å². The standard InChI is InChI=1S/C19H24N2/c1-21-13-12-20-19(16-21,14-17-8-4-2-5-9-17)15-18-10-6-3-7-11-18/h2-11,20H,12-16H2,1H3. The molecule has 1 N–H and O–H groups in total. The van der Waals surface area contributed by atoms with E-state index in [2.05, 4.69) is 77.9 Å². The van der Waals surface area contributed by atoms with Crippen LogP contribution in [0.5, 0.6) is 0 Å². The second-order valence-corrected chi connectivity index (χ2v) is 6.27. The lowest BCUT2D eigenvalue weighted by Crippen LogP contribution is -2.61. The summed E-state index contributed by atoms with van der Waals surface area (Å²) in [5.41, 5.74) is 2.96. The average molecular weight is 280 g/mol. The minimum absolute atomic E-state index is 0.135. The van der Waals surface area contributed by atoms with Crippen LogP contribution in [0.3, 0.4) is 0 Å². The molecule has 2 nitrogen and oxygen atoms in total. The molecule has 1 saturated heterocycles. The number of rotatable bonds is 4. The van der Waals surface area contributed by atoms with Crippen molar-refractivity contribution in [3.05, 3.63) is 71.8 Å². The maximum absolute atomic E-state index is 3.82. The van der Waals surface area contributed by atoms with Crippen LogP contribution in [0.2, 0.25) is 0 Å². The lowest BCUT2D eigenvalue weighted by Gasteiger charge is -2.43. The van der Waals surface area contributed by atoms with Crippen LogP contribution in [0.15, 0.2) is 60.7 Å². The molecule has 1 fully saturated rings. The van der Waals surface area contributed by atoms with E-state index in [4.69, 9.17) is 0 Å². The Bertz CT molecular complexity index is 509. The summed E-state index contributed by atoms with van der Waals surface area (Å²) in [7, 11) is 2.23. The van der Waals surface area contributed by atoms with Gasteiger partial charge in [0.1, 0.15) is 0 Å². The Hall–Kier alpha value is -1.64. The van der Waals surface area contributed by atoms with Crippen molar-refractivity contribution in [1.82, 2.24) is 10.2 Å². The van der Waals surface area contributed by atoms with E-state index < -0.39 is 0 Å². The molecule has 0 saturated carbocycles. The molecule has 0 unspecified atom stereocenters. The fraction of sp³-hybridized carbons (Fsp3) is 0.368. The molecule has 21 heavy (non-hydrogen) atoms. The molecule has 110 valence electrons. The first-order chi connectivity index (χ1) is 10.3. The Morgan fingerprint density at radius 2 is 1.43 bits per heavy atom. The van der Waals surface area contributed by atoms with Crippen molar-refractivity contribution in [1.29, 1.82) is 0 Å². The molecule has 1 heterocycles. The van der Waals surface area contributed by atoms with Gasteiger partial charge in [-0.15, -0.1) is 0 Å². The Balaban J connectivity index is 1.84. The Morgan fingerprint density at radius 1 is 0.905 bits per heavy atom. The molecule has 2 aromatic carbocycles. The molecule has 1 aliphatic rings. The third-order valence-corrected chi connectivity index (χ3v) is 4.34. The maximum atomic E-state index is 3.82. The molecule has 0 radical (unpaired) electrons. The van der Waals surface area contributed by atoms with Gasteiger partial charge in [-0.2, -0.15) is 0 Å². The van der Waals surface area contributed by atoms with Gasteiger partial charge in [0.05, 0.1) is 0 Å². The third-order valence-electron chi connectivity index (χ3n) is 4.34. The van der Waals surface area contributed by atoms with Crippen molar-refractivity contribution >= 4 is 0 Å². The highest BCUT2D eigenvalue weighted by Crippen LogP contribution is 2.22. The molecule has 0 bridgehead atoms. The summed E-state index contributed by atoms with van der Waals surface area (Å²) in [6, 6.07) is 21.7. The van der Waals surface area contributed by atoms with Crippen LogP contribution in [0.1, 0.15) is 11.1 Å². The van der Waals surface area contributed by atoms with E-state index in [1.807, 2.05) is 0 Å². The lowest BCUT2D eigenvalue weighted by atomic mass is 9.83. The molecule has 0 aromatic heterocycles. The molecule has 0 atom stereocenters. The normalized spacial score (nSPS) is 18.5. The lowest BCUT2D eigenvalue weighted by molar-refractivity contribution is 0.155. The van der Waals surface area contributed by atoms with Crippen LogP contribution in [-0.2, 0) is 12.8 Å². The minimum Gasteiger partial charge on any atom is -0.308 e. The first kappa shape index (κ1) is 14.3. The number of hydrogen-bond acceptors (Lipinski definition) is 2. The van der Waals surface area contributed by atoms with Crippen molar-refractivity contribution in [2.45, 2.75) is 18.4 Å². The van der Waals surface area contributed by atoms with Crippen LogP contribution < -0.4 is 5.32 Å². The number of piperazine rings is 1. The fourth-order valence-corrected chi connectivity index (χ4v) is 3.44. The Labute approximate surface area is 127 Å². The second kappa shape index (κ2) is 6.42. The SMILES string of the molecule is CN1CCNC(Cc2ccccc2)(Cc2ccccc2)C1.